The molecule has 2 aromatic rings. The van der Waals surface area contributed by atoms with Crippen LogP contribution < -0.4 is 9.80 Å². The summed E-state index contributed by atoms with van der Waals surface area (Å²) in [6, 6.07) is 17.5. The number of nitrogens with one attached hydrogen (secondary N) is 1. The van der Waals surface area contributed by atoms with E-state index in [1.54, 1.807) is 17.0 Å². The molecule has 1 N–H and O–H groups in total. The minimum absolute atomic E-state index is 0.161. The van der Waals surface area contributed by atoms with Gasteiger partial charge in [-0.25, -0.2) is 4.39 Å². The number of quaternary nitrogens is 1. The predicted molar refractivity (Wildman–Crippen MR) is 84.3 cm³/mol. The van der Waals surface area contributed by atoms with E-state index in [1.807, 2.05) is 12.1 Å². The first-order valence-corrected chi connectivity index (χ1v) is 7.69. The number of halogens is 1. The zero-order valence-corrected chi connectivity index (χ0v) is 12.3. The summed E-state index contributed by atoms with van der Waals surface area (Å²) in [6.45, 7) is 5.61. The number of piperazine rings is 1. The molecule has 21 heavy (non-hydrogen) atoms. The van der Waals surface area contributed by atoms with E-state index >= 15 is 0 Å². The first-order chi connectivity index (χ1) is 10.3. The first-order valence-electron chi connectivity index (χ1n) is 7.69. The quantitative estimate of drug-likeness (QED) is 0.900. The lowest BCUT2D eigenvalue weighted by Crippen LogP contribution is -3.15. The normalized spacial score (nSPS) is 16.1. The molecule has 0 bridgehead atoms. The van der Waals surface area contributed by atoms with Gasteiger partial charge < -0.3 is 9.80 Å². The average molecular weight is 285 g/mol. The van der Waals surface area contributed by atoms with Gasteiger partial charge in [0.15, 0.2) is 0 Å². The number of rotatable bonds is 4. The molecular formula is C18H22FN2+. The van der Waals surface area contributed by atoms with E-state index in [2.05, 4.69) is 35.2 Å². The van der Waals surface area contributed by atoms with E-state index in [1.165, 1.54) is 12.1 Å². The molecular weight excluding hydrogens is 263 g/mol. The monoisotopic (exact) mass is 285 g/mol. The van der Waals surface area contributed by atoms with Gasteiger partial charge in [-0.2, -0.15) is 0 Å². The highest BCUT2D eigenvalue weighted by molar-refractivity contribution is 5.46. The second-order valence-corrected chi connectivity index (χ2v) is 5.70. The molecule has 1 fully saturated rings. The maximum Gasteiger partial charge on any atom is 0.123 e. The van der Waals surface area contributed by atoms with Gasteiger partial charge in [0.1, 0.15) is 5.82 Å². The topological polar surface area (TPSA) is 7.68 Å². The number of hydrogen-bond acceptors (Lipinski definition) is 1. The van der Waals surface area contributed by atoms with Gasteiger partial charge in [-0.1, -0.05) is 30.3 Å². The lowest BCUT2D eigenvalue weighted by Gasteiger charge is -2.33. The summed E-state index contributed by atoms with van der Waals surface area (Å²) in [4.78, 5) is 4.02. The molecule has 2 aromatic carbocycles. The van der Waals surface area contributed by atoms with Crippen molar-refractivity contribution in [2.45, 2.75) is 6.42 Å². The van der Waals surface area contributed by atoms with Crippen LogP contribution in [0.2, 0.25) is 0 Å². The van der Waals surface area contributed by atoms with Gasteiger partial charge in [0, 0.05) is 12.1 Å². The molecule has 1 saturated heterocycles. The molecule has 0 saturated carbocycles. The van der Waals surface area contributed by atoms with Crippen LogP contribution in [0.15, 0.2) is 54.6 Å². The Hall–Kier alpha value is -1.87. The summed E-state index contributed by atoms with van der Waals surface area (Å²) in [5.41, 5.74) is 2.56. The van der Waals surface area contributed by atoms with Crippen LogP contribution in [-0.2, 0) is 6.42 Å². The Morgan fingerprint density at radius 2 is 1.57 bits per heavy atom. The zero-order chi connectivity index (χ0) is 14.5. The third-order valence-electron chi connectivity index (χ3n) is 4.27. The zero-order valence-electron chi connectivity index (χ0n) is 12.3. The number of hydrogen-bond donors (Lipinski definition) is 1. The molecule has 0 spiro atoms. The van der Waals surface area contributed by atoms with Crippen molar-refractivity contribution >= 4 is 5.69 Å². The number of nitrogens with zero attached hydrogens (tertiary/aromatic N) is 1. The van der Waals surface area contributed by atoms with Gasteiger partial charge in [0.05, 0.1) is 32.7 Å². The van der Waals surface area contributed by atoms with Crippen molar-refractivity contribution in [3.8, 4) is 0 Å². The second kappa shape index (κ2) is 6.72. The van der Waals surface area contributed by atoms with Gasteiger partial charge in [0.2, 0.25) is 0 Å². The molecule has 0 radical (unpaired) electrons. The van der Waals surface area contributed by atoms with Crippen LogP contribution in [0.25, 0.3) is 0 Å². The van der Waals surface area contributed by atoms with Crippen LogP contribution in [0.1, 0.15) is 5.56 Å². The molecule has 0 unspecified atom stereocenters. The summed E-state index contributed by atoms with van der Waals surface area (Å²) >= 11 is 0. The molecule has 2 nitrogen and oxygen atoms in total. The van der Waals surface area contributed by atoms with Crippen LogP contribution in [0, 0.1) is 5.82 Å². The third kappa shape index (κ3) is 3.82. The van der Waals surface area contributed by atoms with Crippen molar-refractivity contribution in [3.05, 3.63) is 66.0 Å². The maximum absolute atomic E-state index is 13.0. The fraction of sp³-hybridized carbons (Fsp3) is 0.333. The molecule has 0 aromatic heterocycles. The highest BCUT2D eigenvalue weighted by Crippen LogP contribution is 2.14. The molecule has 3 rings (SSSR count). The lowest BCUT2D eigenvalue weighted by atomic mass is 10.1. The fourth-order valence-corrected chi connectivity index (χ4v) is 2.95. The van der Waals surface area contributed by atoms with Crippen LogP contribution in [0.5, 0.6) is 0 Å². The van der Waals surface area contributed by atoms with Crippen LogP contribution in [0.3, 0.4) is 0 Å². The Kier molecular flexibility index (Phi) is 4.51. The van der Waals surface area contributed by atoms with Crippen LogP contribution in [-0.4, -0.2) is 32.7 Å². The minimum Gasteiger partial charge on any atom is -0.360 e. The summed E-state index contributed by atoms with van der Waals surface area (Å²) in [7, 11) is 0. The summed E-state index contributed by atoms with van der Waals surface area (Å²) in [5.74, 6) is -0.161. The van der Waals surface area contributed by atoms with E-state index in [4.69, 9.17) is 0 Å². The van der Waals surface area contributed by atoms with Gasteiger partial charge in [0.25, 0.3) is 0 Å². The molecule has 1 aliphatic heterocycles. The second-order valence-electron chi connectivity index (χ2n) is 5.70. The highest BCUT2D eigenvalue weighted by atomic mass is 19.1. The van der Waals surface area contributed by atoms with Gasteiger partial charge in [-0.05, 0) is 29.8 Å². The lowest BCUT2D eigenvalue weighted by molar-refractivity contribution is -0.900. The Bertz CT molecular complexity index is 545. The van der Waals surface area contributed by atoms with Gasteiger partial charge in [-0.15, -0.1) is 0 Å². The van der Waals surface area contributed by atoms with E-state index < -0.39 is 0 Å². The molecule has 0 aliphatic carbocycles. The van der Waals surface area contributed by atoms with Crippen molar-refractivity contribution in [2.24, 2.45) is 0 Å². The highest BCUT2D eigenvalue weighted by Gasteiger charge is 2.19. The number of benzene rings is 2. The maximum atomic E-state index is 13.0. The Morgan fingerprint density at radius 1 is 0.905 bits per heavy atom. The molecule has 1 aliphatic rings. The molecule has 0 atom stereocenters. The Balaban J connectivity index is 1.48. The van der Waals surface area contributed by atoms with E-state index in [0.29, 0.717) is 0 Å². The van der Waals surface area contributed by atoms with Crippen LogP contribution in [0.4, 0.5) is 10.1 Å². The van der Waals surface area contributed by atoms with Gasteiger partial charge >= 0.3 is 0 Å². The van der Waals surface area contributed by atoms with Crippen LogP contribution >= 0.6 is 0 Å². The summed E-state index contributed by atoms with van der Waals surface area (Å²) in [5, 5.41) is 0. The van der Waals surface area contributed by atoms with E-state index in [-0.39, 0.29) is 5.82 Å². The first kappa shape index (κ1) is 14.1. The van der Waals surface area contributed by atoms with E-state index in [0.717, 1.165) is 38.3 Å². The Morgan fingerprint density at radius 3 is 2.24 bits per heavy atom. The van der Waals surface area contributed by atoms with E-state index in [9.17, 15) is 4.39 Å². The van der Waals surface area contributed by atoms with Crippen molar-refractivity contribution in [3.63, 3.8) is 0 Å². The molecule has 1 heterocycles. The average Bonchev–Trinajstić information content (AvgIpc) is 2.55. The standard InChI is InChI=1S/C18H21FN2/c19-17-6-8-18(9-7-17)21-14-12-20(13-15-21)11-10-16-4-2-1-3-5-16/h1-9H,10-15H2/p+1. The number of anilines is 1. The molecule has 0 amide bonds. The minimum atomic E-state index is -0.161. The molecule has 3 heteroatoms. The smallest absolute Gasteiger partial charge is 0.123 e. The third-order valence-corrected chi connectivity index (χ3v) is 4.27. The predicted octanol–water partition coefficient (Wildman–Crippen LogP) is 1.77. The van der Waals surface area contributed by atoms with Crippen molar-refractivity contribution < 1.29 is 9.29 Å². The molecule has 110 valence electrons. The van der Waals surface area contributed by atoms with Crippen molar-refractivity contribution in [1.29, 1.82) is 0 Å². The van der Waals surface area contributed by atoms with Crippen molar-refractivity contribution in [2.75, 3.05) is 37.6 Å². The summed E-state index contributed by atoms with van der Waals surface area (Å²) in [6.07, 6.45) is 1.15. The van der Waals surface area contributed by atoms with Gasteiger partial charge in [-0.3, -0.25) is 0 Å². The summed E-state index contributed by atoms with van der Waals surface area (Å²) < 4.78 is 13.0. The van der Waals surface area contributed by atoms with Crippen molar-refractivity contribution in [1.82, 2.24) is 0 Å². The largest absolute Gasteiger partial charge is 0.360 e. The SMILES string of the molecule is Fc1ccc(N2CC[NH+](CCc3ccccc3)CC2)cc1. The Labute approximate surface area is 125 Å². The fourth-order valence-electron chi connectivity index (χ4n) is 2.95.